The third-order valence-corrected chi connectivity index (χ3v) is 6.00. The number of hydrogen-bond donors (Lipinski definition) is 0. The van der Waals surface area contributed by atoms with E-state index in [1.54, 1.807) is 21.1 Å². The molecule has 0 aliphatic heterocycles. The van der Waals surface area contributed by atoms with E-state index in [2.05, 4.69) is 8.75 Å². The molecule has 4 fully saturated rings. The van der Waals surface area contributed by atoms with Crippen molar-refractivity contribution in [3.8, 4) is 0 Å². The minimum atomic E-state index is 0.422. The Morgan fingerprint density at radius 1 is 1.07 bits per heavy atom. The molecule has 4 bridgehead atoms. The lowest BCUT2D eigenvalue weighted by Crippen LogP contribution is -2.49. The molecule has 0 radical (unpaired) electrons. The molecule has 1 heterocycles. The number of rotatable bonds is 1. The summed E-state index contributed by atoms with van der Waals surface area (Å²) in [6, 6.07) is 0. The van der Waals surface area contributed by atoms with E-state index in [1.165, 1.54) is 44.3 Å². The van der Waals surface area contributed by atoms with Gasteiger partial charge in [-0.3, -0.25) is 0 Å². The molecular weight excluding hydrogens is 224 g/mol. The lowest BCUT2D eigenvalue weighted by Gasteiger charge is -2.55. The summed E-state index contributed by atoms with van der Waals surface area (Å²) >= 11 is 0. The molecular formula is C11H15N2S2+. The van der Waals surface area contributed by atoms with Crippen LogP contribution >= 0.6 is 21.1 Å². The Labute approximate surface area is 97.5 Å². The number of nitrogens with zero attached hydrogens (tertiary/aromatic N) is 2. The molecule has 4 heteroatoms. The maximum absolute atomic E-state index is 4.56. The van der Waals surface area contributed by atoms with Crippen molar-refractivity contribution in [2.75, 3.05) is 0 Å². The van der Waals surface area contributed by atoms with Gasteiger partial charge in [0.25, 0.3) is 0 Å². The van der Waals surface area contributed by atoms with Crippen molar-refractivity contribution in [2.45, 2.75) is 43.9 Å². The molecule has 4 saturated carbocycles. The van der Waals surface area contributed by atoms with Crippen molar-refractivity contribution in [3.63, 3.8) is 0 Å². The van der Waals surface area contributed by atoms with E-state index in [4.69, 9.17) is 0 Å². The normalized spacial score (nSPS) is 47.3. The van der Waals surface area contributed by atoms with E-state index < -0.39 is 0 Å². The van der Waals surface area contributed by atoms with Crippen LogP contribution in [-0.4, -0.2) is 8.75 Å². The van der Waals surface area contributed by atoms with Gasteiger partial charge in [0, 0.05) is 5.41 Å². The Balaban J connectivity index is 1.77. The molecule has 0 N–H and O–H groups in total. The molecule has 80 valence electrons. The lowest BCUT2D eigenvalue weighted by molar-refractivity contribution is -0.00861. The maximum atomic E-state index is 4.56. The van der Waals surface area contributed by atoms with Crippen LogP contribution in [0.1, 0.15) is 44.3 Å². The largest absolute Gasteiger partial charge is 0.462 e. The van der Waals surface area contributed by atoms with Crippen LogP contribution in [-0.2, 0) is 5.41 Å². The third-order valence-electron chi connectivity index (χ3n) is 4.79. The van der Waals surface area contributed by atoms with Crippen molar-refractivity contribution in [3.05, 3.63) is 5.82 Å². The van der Waals surface area contributed by atoms with Gasteiger partial charge in [0.2, 0.25) is 5.82 Å². The predicted octanol–water partition coefficient (Wildman–Crippen LogP) is 3.35. The van der Waals surface area contributed by atoms with Gasteiger partial charge in [0.05, 0.1) is 4.37 Å². The van der Waals surface area contributed by atoms with Crippen LogP contribution in [0.4, 0.5) is 0 Å². The first-order valence-corrected chi connectivity index (χ1v) is 8.03. The lowest BCUT2D eigenvalue weighted by atomic mass is 9.49. The van der Waals surface area contributed by atoms with Gasteiger partial charge in [-0.1, -0.05) is 0 Å². The molecule has 1 aromatic rings. The second kappa shape index (κ2) is 2.98. The van der Waals surface area contributed by atoms with Crippen LogP contribution in [0.25, 0.3) is 0 Å². The smallest absolute Gasteiger partial charge is 0.117 e. The fourth-order valence-corrected chi connectivity index (χ4v) is 6.05. The molecule has 0 amide bonds. The summed E-state index contributed by atoms with van der Waals surface area (Å²) in [5.41, 5.74) is 0.422. The van der Waals surface area contributed by atoms with Crippen molar-refractivity contribution in [1.82, 2.24) is 8.75 Å². The number of aromatic nitrogens is 2. The van der Waals surface area contributed by atoms with Crippen molar-refractivity contribution in [2.24, 2.45) is 17.8 Å². The Morgan fingerprint density at radius 2 is 1.67 bits per heavy atom. The van der Waals surface area contributed by atoms with Gasteiger partial charge in [-0.15, -0.1) is 4.37 Å². The standard InChI is InChI=1S/C11H15N2S2/c1-7-2-9-3-8(1)5-11(4-7,6-9)10-12-14-15-13-10/h7-9H,1-6H2/q+1. The van der Waals surface area contributed by atoms with Crippen molar-refractivity contribution in [1.29, 1.82) is 0 Å². The second-order valence-electron chi connectivity index (χ2n) is 5.85. The van der Waals surface area contributed by atoms with Crippen molar-refractivity contribution >= 4 is 21.1 Å². The van der Waals surface area contributed by atoms with Gasteiger partial charge in [-0.25, -0.2) is 0 Å². The molecule has 4 aliphatic carbocycles. The first-order valence-electron chi connectivity index (χ1n) is 5.96. The zero-order valence-electron chi connectivity index (χ0n) is 8.69. The molecule has 1 aromatic heterocycles. The highest BCUT2D eigenvalue weighted by atomic mass is 32.9. The highest BCUT2D eigenvalue weighted by molar-refractivity contribution is 7.64. The topological polar surface area (TPSA) is 25.8 Å². The quantitative estimate of drug-likeness (QED) is 0.555. The van der Waals surface area contributed by atoms with Gasteiger partial charge >= 0.3 is 21.1 Å². The van der Waals surface area contributed by atoms with Crippen LogP contribution in [0.15, 0.2) is 0 Å². The fraction of sp³-hybridized carbons (Fsp3) is 0.909. The molecule has 0 spiro atoms. The van der Waals surface area contributed by atoms with E-state index in [9.17, 15) is 0 Å². The molecule has 0 atom stereocenters. The summed E-state index contributed by atoms with van der Waals surface area (Å²) in [6.45, 7) is 0. The molecule has 0 unspecified atom stereocenters. The average Bonchev–Trinajstić information content (AvgIpc) is 2.67. The maximum Gasteiger partial charge on any atom is 0.462 e. The van der Waals surface area contributed by atoms with Crippen LogP contribution in [0.2, 0.25) is 0 Å². The Morgan fingerprint density at radius 3 is 2.13 bits per heavy atom. The van der Waals surface area contributed by atoms with E-state index in [0.717, 1.165) is 17.8 Å². The minimum Gasteiger partial charge on any atom is -0.117 e. The molecule has 2 nitrogen and oxygen atoms in total. The molecule has 4 aliphatic rings. The highest BCUT2D eigenvalue weighted by Crippen LogP contribution is 2.60. The minimum absolute atomic E-state index is 0.422. The predicted molar refractivity (Wildman–Crippen MR) is 62.0 cm³/mol. The summed E-state index contributed by atoms with van der Waals surface area (Å²) < 4.78 is 9.11. The average molecular weight is 239 g/mol. The zero-order valence-corrected chi connectivity index (χ0v) is 10.3. The van der Waals surface area contributed by atoms with E-state index in [-0.39, 0.29) is 0 Å². The molecule has 0 aromatic carbocycles. The van der Waals surface area contributed by atoms with Gasteiger partial charge < -0.3 is 0 Å². The van der Waals surface area contributed by atoms with Crippen LogP contribution in [0, 0.1) is 17.8 Å². The fourth-order valence-electron chi connectivity index (χ4n) is 4.70. The van der Waals surface area contributed by atoms with Gasteiger partial charge in [-0.05, 0) is 56.3 Å². The van der Waals surface area contributed by atoms with Gasteiger partial charge in [0.15, 0.2) is 0 Å². The summed E-state index contributed by atoms with van der Waals surface area (Å²) in [6.07, 6.45) is 8.69. The molecule has 0 saturated heterocycles. The second-order valence-corrected chi connectivity index (χ2v) is 7.41. The summed E-state index contributed by atoms with van der Waals surface area (Å²) in [4.78, 5) is 0. The van der Waals surface area contributed by atoms with E-state index >= 15 is 0 Å². The SMILES string of the molecule is C1C2CC3CC1CC(c1ns[s+]n1)(C2)C3. The Kier molecular flexibility index (Phi) is 1.78. The summed E-state index contributed by atoms with van der Waals surface area (Å²) in [5, 5.41) is 0. The third kappa shape index (κ3) is 1.24. The van der Waals surface area contributed by atoms with Gasteiger partial charge in [0.1, 0.15) is 0 Å². The van der Waals surface area contributed by atoms with Gasteiger partial charge in [-0.2, -0.15) is 0 Å². The summed E-state index contributed by atoms with van der Waals surface area (Å²) in [5.74, 6) is 4.22. The van der Waals surface area contributed by atoms with E-state index in [0.29, 0.717) is 5.41 Å². The molecule has 5 rings (SSSR count). The van der Waals surface area contributed by atoms with Crippen LogP contribution < -0.4 is 0 Å². The van der Waals surface area contributed by atoms with Crippen molar-refractivity contribution < 1.29 is 0 Å². The highest BCUT2D eigenvalue weighted by Gasteiger charge is 2.54. The first-order chi connectivity index (χ1) is 7.34. The van der Waals surface area contributed by atoms with Crippen LogP contribution in [0.3, 0.4) is 0 Å². The Bertz CT molecular complexity index is 339. The molecule has 15 heavy (non-hydrogen) atoms. The monoisotopic (exact) mass is 239 g/mol. The van der Waals surface area contributed by atoms with E-state index in [1.807, 2.05) is 0 Å². The number of hydrogen-bond acceptors (Lipinski definition) is 3. The zero-order chi connectivity index (χ0) is 9.88. The van der Waals surface area contributed by atoms with Crippen LogP contribution in [0.5, 0.6) is 0 Å². The Hall–Kier alpha value is -0.0900. The summed E-state index contributed by atoms with van der Waals surface area (Å²) in [7, 11) is 3.14. The first kappa shape index (κ1) is 8.99.